The summed E-state index contributed by atoms with van der Waals surface area (Å²) in [5.74, 6) is -0.151. The van der Waals surface area contributed by atoms with Gasteiger partial charge in [0.15, 0.2) is 9.84 Å². The van der Waals surface area contributed by atoms with Crippen LogP contribution in [0.5, 0.6) is 5.75 Å². The number of nitrogens with zero attached hydrogens (tertiary/aromatic N) is 5. The summed E-state index contributed by atoms with van der Waals surface area (Å²) < 4.78 is 80.9. The second-order valence-corrected chi connectivity index (χ2v) is 12.0. The summed E-state index contributed by atoms with van der Waals surface area (Å²) in [6, 6.07) is 10.6. The van der Waals surface area contributed by atoms with Crippen LogP contribution in [0.25, 0.3) is 33.2 Å². The highest BCUT2D eigenvalue weighted by atomic mass is 32.2. The van der Waals surface area contributed by atoms with Gasteiger partial charge in [0, 0.05) is 48.0 Å². The Morgan fingerprint density at radius 1 is 1.20 bits per heavy atom. The van der Waals surface area contributed by atoms with Gasteiger partial charge in [-0.05, 0) is 49.9 Å². The van der Waals surface area contributed by atoms with E-state index in [1.165, 1.54) is 30.1 Å². The minimum Gasteiger partial charge on any atom is -0.496 e. The monoisotopic (exact) mass is 566 g/mol. The molecule has 2 aromatic carbocycles. The zero-order valence-corrected chi connectivity index (χ0v) is 23.1. The Hall–Kier alpha value is -3.83. The third kappa shape index (κ3) is 4.24. The Balaban J connectivity index is 1.80. The van der Waals surface area contributed by atoms with Crippen molar-refractivity contribution in [1.82, 2.24) is 24.5 Å². The van der Waals surface area contributed by atoms with E-state index in [1.54, 1.807) is 37.4 Å². The molecule has 208 valence electrons. The number of fused-ring (bicyclic) bond motifs is 3. The van der Waals surface area contributed by atoms with Crippen molar-refractivity contribution in [2.75, 3.05) is 26.6 Å². The normalized spacial score (nSPS) is 17.1. The Kier molecular flexibility index (Phi) is 5.72. The molecular weight excluding hydrogens is 533 g/mol. The second-order valence-electron chi connectivity index (χ2n) is 10.0. The van der Waals surface area contributed by atoms with E-state index in [9.17, 15) is 8.42 Å². The Bertz CT molecular complexity index is 1970. The van der Waals surface area contributed by atoms with Crippen LogP contribution < -0.4 is 4.74 Å². The zero-order valence-electron chi connectivity index (χ0n) is 25.3. The number of pyridine rings is 1. The summed E-state index contributed by atoms with van der Waals surface area (Å²) >= 11 is 0. The number of halogens is 1. The molecule has 1 aliphatic rings. The molecule has 1 saturated heterocycles. The van der Waals surface area contributed by atoms with Crippen LogP contribution in [0.15, 0.2) is 53.6 Å². The fourth-order valence-electron chi connectivity index (χ4n) is 5.89. The number of sulfone groups is 1. The first-order valence-electron chi connectivity index (χ1n) is 14.3. The van der Waals surface area contributed by atoms with E-state index in [0.29, 0.717) is 64.9 Å². The van der Waals surface area contributed by atoms with E-state index in [4.69, 9.17) is 18.6 Å². The van der Waals surface area contributed by atoms with Crippen LogP contribution in [-0.4, -0.2) is 59.5 Å². The van der Waals surface area contributed by atoms with Crippen LogP contribution in [-0.2, 0) is 21.6 Å². The molecule has 0 bridgehead atoms. The van der Waals surface area contributed by atoms with Crippen LogP contribution in [0.2, 0.25) is 0 Å². The number of ether oxygens (including phenoxy) is 2. The molecule has 40 heavy (non-hydrogen) atoms. The highest BCUT2D eigenvalue weighted by Gasteiger charge is 2.34. The topological polar surface area (TPSA) is 101 Å². The summed E-state index contributed by atoms with van der Waals surface area (Å²) in [7, 11) is -0.709. The molecule has 0 amide bonds. The first-order chi connectivity index (χ1) is 20.4. The van der Waals surface area contributed by atoms with Gasteiger partial charge in [-0.2, -0.15) is 0 Å². The van der Waals surface area contributed by atoms with Crippen molar-refractivity contribution in [2.45, 2.75) is 30.6 Å². The van der Waals surface area contributed by atoms with Gasteiger partial charge >= 0.3 is 0 Å². The number of methoxy groups -OCH3 is 1. The highest BCUT2D eigenvalue weighted by Crippen LogP contribution is 2.46. The standard InChI is InChI=1S/C29H30FN5O4S/c1-17-27(34(2)33-32-17)19-15-22-26(31-16-19)25-23(38-3)9-10-24(40(4,36)37)29(25)35(22)28(18-11-13-39-14-12-18)20-7-5-6-8-21(20)30/h5-10,15-16,18,28H,11-14H2,1-4H3/t28-/m0/s1/i1D3. The maximum absolute atomic E-state index is 15.7. The molecule has 0 unspecified atom stereocenters. The van der Waals surface area contributed by atoms with Gasteiger partial charge in [-0.15, -0.1) is 5.10 Å². The van der Waals surface area contributed by atoms with Gasteiger partial charge in [0.25, 0.3) is 0 Å². The lowest BCUT2D eigenvalue weighted by Crippen LogP contribution is -2.28. The molecule has 0 radical (unpaired) electrons. The molecule has 4 heterocycles. The number of benzene rings is 2. The molecule has 11 heteroatoms. The Labute approximate surface area is 235 Å². The van der Waals surface area contributed by atoms with E-state index in [1.807, 2.05) is 4.57 Å². The molecule has 0 saturated carbocycles. The fourth-order valence-corrected chi connectivity index (χ4v) is 6.76. The van der Waals surface area contributed by atoms with Crippen LogP contribution >= 0.6 is 0 Å². The van der Waals surface area contributed by atoms with E-state index < -0.39 is 28.5 Å². The van der Waals surface area contributed by atoms with Gasteiger partial charge in [-0.3, -0.25) is 4.98 Å². The lowest BCUT2D eigenvalue weighted by Gasteiger charge is -2.33. The number of hydrogen-bond acceptors (Lipinski definition) is 7. The number of aryl methyl sites for hydroxylation is 2. The van der Waals surface area contributed by atoms with E-state index >= 15 is 4.39 Å². The molecule has 0 aliphatic carbocycles. The molecule has 1 fully saturated rings. The second kappa shape index (κ2) is 9.97. The lowest BCUT2D eigenvalue weighted by molar-refractivity contribution is 0.0548. The average Bonchev–Trinajstić information content (AvgIpc) is 3.52. The summed E-state index contributed by atoms with van der Waals surface area (Å²) in [4.78, 5) is 4.80. The summed E-state index contributed by atoms with van der Waals surface area (Å²) in [5, 5.41) is 8.32. The molecule has 0 N–H and O–H groups in total. The van der Waals surface area contributed by atoms with E-state index in [0.717, 1.165) is 6.26 Å². The number of aromatic nitrogens is 5. The summed E-state index contributed by atoms with van der Waals surface area (Å²) in [5.41, 5.74) is 2.11. The molecule has 9 nitrogen and oxygen atoms in total. The van der Waals surface area contributed by atoms with Crippen LogP contribution in [0, 0.1) is 18.6 Å². The lowest BCUT2D eigenvalue weighted by atomic mass is 9.86. The third-order valence-electron chi connectivity index (χ3n) is 7.64. The van der Waals surface area contributed by atoms with Crippen molar-refractivity contribution in [2.24, 2.45) is 13.0 Å². The van der Waals surface area contributed by atoms with Crippen LogP contribution in [0.3, 0.4) is 0 Å². The largest absolute Gasteiger partial charge is 0.496 e. The Morgan fingerprint density at radius 3 is 2.67 bits per heavy atom. The molecule has 0 spiro atoms. The van der Waals surface area contributed by atoms with Crippen LogP contribution in [0.1, 0.15) is 34.3 Å². The van der Waals surface area contributed by atoms with Gasteiger partial charge in [-0.25, -0.2) is 17.5 Å². The molecule has 1 atom stereocenters. The van der Waals surface area contributed by atoms with E-state index in [-0.39, 0.29) is 22.2 Å². The number of rotatable bonds is 6. The smallest absolute Gasteiger partial charge is 0.177 e. The van der Waals surface area contributed by atoms with Gasteiger partial charge < -0.3 is 14.0 Å². The van der Waals surface area contributed by atoms with Crippen molar-refractivity contribution in [3.63, 3.8) is 0 Å². The quantitative estimate of drug-likeness (QED) is 0.289. The zero-order chi connectivity index (χ0) is 30.7. The predicted octanol–water partition coefficient (Wildman–Crippen LogP) is 4.86. The predicted molar refractivity (Wildman–Crippen MR) is 150 cm³/mol. The van der Waals surface area contributed by atoms with Crippen molar-refractivity contribution in [3.05, 3.63) is 65.7 Å². The molecular formula is C29H30FN5O4S. The molecule has 3 aromatic heterocycles. The van der Waals surface area contributed by atoms with Gasteiger partial charge in [-0.1, -0.05) is 23.4 Å². The maximum Gasteiger partial charge on any atom is 0.177 e. The fraction of sp³-hybridized carbons (Fsp3) is 0.345. The SMILES string of the molecule is [2H]C([2H])([2H])c1nnn(C)c1-c1cnc2c3c(OC)ccc(S(C)(=O)=O)c3n([C@H](c3ccccc3F)C3CCOCC3)c2c1. The highest BCUT2D eigenvalue weighted by molar-refractivity contribution is 7.91. The minimum atomic E-state index is -3.79. The number of hydrogen-bond donors (Lipinski definition) is 0. The molecule has 1 aliphatic heterocycles. The molecule has 5 aromatic rings. The third-order valence-corrected chi connectivity index (χ3v) is 8.77. The minimum absolute atomic E-state index is 0.0432. The van der Waals surface area contributed by atoms with Crippen molar-refractivity contribution in [3.8, 4) is 17.0 Å². The first-order valence-corrected chi connectivity index (χ1v) is 14.7. The van der Waals surface area contributed by atoms with Gasteiger partial charge in [0.05, 0.1) is 51.4 Å². The van der Waals surface area contributed by atoms with E-state index in [2.05, 4.69) is 10.3 Å². The maximum atomic E-state index is 15.7. The average molecular weight is 567 g/mol. The summed E-state index contributed by atoms with van der Waals surface area (Å²) in [6.45, 7) is -1.60. The molecule has 6 rings (SSSR count). The van der Waals surface area contributed by atoms with Crippen molar-refractivity contribution < 1.29 is 26.4 Å². The Morgan fingerprint density at radius 2 is 1.98 bits per heavy atom. The van der Waals surface area contributed by atoms with Gasteiger partial charge in [0.2, 0.25) is 0 Å². The first kappa shape index (κ1) is 22.9. The van der Waals surface area contributed by atoms with Crippen LogP contribution in [0.4, 0.5) is 4.39 Å². The van der Waals surface area contributed by atoms with Crippen molar-refractivity contribution in [1.29, 1.82) is 0 Å². The van der Waals surface area contributed by atoms with Crippen molar-refractivity contribution >= 4 is 31.8 Å². The summed E-state index contributed by atoms with van der Waals surface area (Å²) in [6.07, 6.45) is 3.87. The van der Waals surface area contributed by atoms with Gasteiger partial charge in [0.1, 0.15) is 11.6 Å².